The van der Waals surface area contributed by atoms with Crippen molar-refractivity contribution in [2.24, 2.45) is 11.1 Å². The highest BCUT2D eigenvalue weighted by atomic mass is 15.2. The number of nitrogens with one attached hydrogen (secondary N) is 1. The van der Waals surface area contributed by atoms with Crippen molar-refractivity contribution in [3.05, 3.63) is 23.9 Å². The van der Waals surface area contributed by atoms with Crippen LogP contribution in [-0.4, -0.2) is 23.9 Å². The number of nitrogens with two attached hydrogens (primary N) is 1. The van der Waals surface area contributed by atoms with E-state index in [-0.39, 0.29) is 5.84 Å². The number of hydrogen-bond acceptors (Lipinski definition) is 3. The number of nitrogens with zero attached hydrogens (tertiary/aromatic N) is 2. The second-order valence-electron chi connectivity index (χ2n) is 5.20. The van der Waals surface area contributed by atoms with Gasteiger partial charge in [-0.1, -0.05) is 13.8 Å². The van der Waals surface area contributed by atoms with Gasteiger partial charge in [0.1, 0.15) is 11.7 Å². The Hall–Kier alpha value is -1.58. The van der Waals surface area contributed by atoms with E-state index in [2.05, 4.69) is 23.7 Å². The first-order chi connectivity index (χ1) is 8.60. The van der Waals surface area contributed by atoms with Crippen molar-refractivity contribution in [3.63, 3.8) is 0 Å². The molecule has 0 bridgehead atoms. The van der Waals surface area contributed by atoms with E-state index in [9.17, 15) is 0 Å². The van der Waals surface area contributed by atoms with E-state index >= 15 is 0 Å². The molecule has 0 amide bonds. The van der Waals surface area contributed by atoms with Gasteiger partial charge < -0.3 is 10.6 Å². The van der Waals surface area contributed by atoms with Crippen LogP contribution in [0.1, 0.15) is 38.7 Å². The van der Waals surface area contributed by atoms with E-state index in [0.717, 1.165) is 24.5 Å². The largest absolute Gasteiger partial charge is 0.384 e. The van der Waals surface area contributed by atoms with E-state index in [1.165, 1.54) is 19.3 Å². The van der Waals surface area contributed by atoms with Crippen LogP contribution < -0.4 is 10.6 Å². The van der Waals surface area contributed by atoms with Crippen LogP contribution in [0.3, 0.4) is 0 Å². The zero-order chi connectivity index (χ0) is 13.2. The summed E-state index contributed by atoms with van der Waals surface area (Å²) in [4.78, 5) is 6.73. The maximum atomic E-state index is 7.48. The van der Waals surface area contributed by atoms with Gasteiger partial charge in [0.25, 0.3) is 0 Å². The Bertz CT molecular complexity index is 437. The third-order valence-electron chi connectivity index (χ3n) is 4.32. The van der Waals surface area contributed by atoms with Gasteiger partial charge in [0.15, 0.2) is 0 Å². The molecule has 98 valence electrons. The number of rotatable bonds is 4. The van der Waals surface area contributed by atoms with E-state index in [1.54, 1.807) is 12.3 Å². The standard InChI is InChI=1S/C14H22N4/c1-3-14(4-2)6-8-18(10-14)12-9-11(13(15)16)5-7-17-12/h5,7,9H,3-4,6,8,10H2,1-2H3,(H3,15,16). The fourth-order valence-corrected chi connectivity index (χ4v) is 2.72. The van der Waals surface area contributed by atoms with Crippen LogP contribution >= 0.6 is 0 Å². The maximum Gasteiger partial charge on any atom is 0.129 e. The average molecular weight is 246 g/mol. The SMILES string of the molecule is CCC1(CC)CCN(c2cc(C(=N)N)ccn2)C1. The summed E-state index contributed by atoms with van der Waals surface area (Å²) in [7, 11) is 0. The molecule has 18 heavy (non-hydrogen) atoms. The predicted octanol–water partition coefficient (Wildman–Crippen LogP) is 2.38. The lowest BCUT2D eigenvalue weighted by atomic mass is 9.82. The van der Waals surface area contributed by atoms with E-state index < -0.39 is 0 Å². The van der Waals surface area contributed by atoms with Gasteiger partial charge in [0.2, 0.25) is 0 Å². The Kier molecular flexibility index (Phi) is 3.55. The Morgan fingerprint density at radius 3 is 2.78 bits per heavy atom. The van der Waals surface area contributed by atoms with Crippen molar-refractivity contribution in [2.75, 3.05) is 18.0 Å². The second kappa shape index (κ2) is 4.96. The Labute approximate surface area is 109 Å². The third-order valence-corrected chi connectivity index (χ3v) is 4.32. The summed E-state index contributed by atoms with van der Waals surface area (Å²) >= 11 is 0. The normalized spacial score (nSPS) is 18.0. The van der Waals surface area contributed by atoms with E-state index in [4.69, 9.17) is 11.1 Å². The minimum atomic E-state index is 0.107. The quantitative estimate of drug-likeness (QED) is 0.633. The highest BCUT2D eigenvalue weighted by molar-refractivity contribution is 5.95. The number of pyridine rings is 1. The summed E-state index contributed by atoms with van der Waals surface area (Å²) in [6.07, 6.45) is 5.40. The molecular formula is C14H22N4. The number of nitrogen functional groups attached to an aromatic ring is 1. The van der Waals surface area contributed by atoms with E-state index in [1.807, 2.05) is 6.07 Å². The molecule has 2 rings (SSSR count). The molecule has 0 radical (unpaired) electrons. The molecule has 1 aromatic heterocycles. The molecule has 1 fully saturated rings. The van der Waals surface area contributed by atoms with Crippen LogP contribution in [-0.2, 0) is 0 Å². The lowest BCUT2D eigenvalue weighted by Gasteiger charge is -2.26. The van der Waals surface area contributed by atoms with Crippen molar-refractivity contribution < 1.29 is 0 Å². The van der Waals surface area contributed by atoms with Crippen LogP contribution in [0.5, 0.6) is 0 Å². The molecule has 1 aromatic rings. The number of aromatic nitrogens is 1. The summed E-state index contributed by atoms with van der Waals surface area (Å²) in [6.45, 7) is 6.66. The minimum Gasteiger partial charge on any atom is -0.384 e. The molecule has 2 heterocycles. The van der Waals surface area contributed by atoms with Crippen LogP contribution in [0.2, 0.25) is 0 Å². The van der Waals surface area contributed by atoms with Crippen molar-refractivity contribution in [1.29, 1.82) is 5.41 Å². The number of amidine groups is 1. The van der Waals surface area contributed by atoms with Gasteiger partial charge in [-0.25, -0.2) is 4.98 Å². The molecular weight excluding hydrogens is 224 g/mol. The van der Waals surface area contributed by atoms with Gasteiger partial charge in [0.05, 0.1) is 0 Å². The summed E-state index contributed by atoms with van der Waals surface area (Å²) in [5, 5.41) is 7.48. The fraction of sp³-hybridized carbons (Fsp3) is 0.571. The molecule has 1 aliphatic rings. The second-order valence-corrected chi connectivity index (χ2v) is 5.20. The van der Waals surface area contributed by atoms with Crippen LogP contribution in [0.4, 0.5) is 5.82 Å². The molecule has 0 atom stereocenters. The molecule has 0 spiro atoms. The Morgan fingerprint density at radius 1 is 1.50 bits per heavy atom. The molecule has 1 saturated heterocycles. The predicted molar refractivity (Wildman–Crippen MR) is 75.1 cm³/mol. The monoisotopic (exact) mass is 246 g/mol. The summed E-state index contributed by atoms with van der Waals surface area (Å²) in [6, 6.07) is 3.71. The molecule has 0 saturated carbocycles. The van der Waals surface area contributed by atoms with Gasteiger partial charge in [0, 0.05) is 24.8 Å². The first-order valence-electron chi connectivity index (χ1n) is 6.65. The van der Waals surface area contributed by atoms with Crippen molar-refractivity contribution >= 4 is 11.7 Å². The van der Waals surface area contributed by atoms with Crippen LogP contribution in [0.15, 0.2) is 18.3 Å². The molecule has 3 N–H and O–H groups in total. The van der Waals surface area contributed by atoms with Crippen molar-refractivity contribution in [2.45, 2.75) is 33.1 Å². The van der Waals surface area contributed by atoms with Gasteiger partial charge >= 0.3 is 0 Å². The van der Waals surface area contributed by atoms with Crippen molar-refractivity contribution in [1.82, 2.24) is 4.98 Å². The average Bonchev–Trinajstić information content (AvgIpc) is 2.84. The molecule has 0 aliphatic carbocycles. The Morgan fingerprint density at radius 2 is 2.22 bits per heavy atom. The van der Waals surface area contributed by atoms with Gasteiger partial charge in [-0.05, 0) is 36.8 Å². The zero-order valence-electron chi connectivity index (χ0n) is 11.2. The zero-order valence-corrected chi connectivity index (χ0v) is 11.2. The number of hydrogen-bond donors (Lipinski definition) is 2. The van der Waals surface area contributed by atoms with Crippen molar-refractivity contribution in [3.8, 4) is 0 Å². The highest BCUT2D eigenvalue weighted by Gasteiger charge is 2.35. The lowest BCUT2D eigenvalue weighted by molar-refractivity contribution is 0.301. The Balaban J connectivity index is 2.19. The summed E-state index contributed by atoms with van der Waals surface area (Å²) in [5.41, 5.74) is 6.72. The first kappa shape index (κ1) is 12.9. The molecule has 4 nitrogen and oxygen atoms in total. The number of anilines is 1. The first-order valence-corrected chi connectivity index (χ1v) is 6.65. The molecule has 4 heteroatoms. The molecule has 0 unspecified atom stereocenters. The smallest absolute Gasteiger partial charge is 0.129 e. The third kappa shape index (κ3) is 2.33. The van der Waals surface area contributed by atoms with E-state index in [0.29, 0.717) is 5.41 Å². The summed E-state index contributed by atoms with van der Waals surface area (Å²) < 4.78 is 0. The van der Waals surface area contributed by atoms with Gasteiger partial charge in [-0.3, -0.25) is 5.41 Å². The fourth-order valence-electron chi connectivity index (χ4n) is 2.72. The van der Waals surface area contributed by atoms with Crippen LogP contribution in [0, 0.1) is 10.8 Å². The summed E-state index contributed by atoms with van der Waals surface area (Å²) in [5.74, 6) is 1.06. The maximum absolute atomic E-state index is 7.48. The van der Waals surface area contributed by atoms with Gasteiger partial charge in [-0.15, -0.1) is 0 Å². The highest BCUT2D eigenvalue weighted by Crippen LogP contribution is 2.38. The topological polar surface area (TPSA) is 66.0 Å². The minimum absolute atomic E-state index is 0.107. The van der Waals surface area contributed by atoms with Gasteiger partial charge in [-0.2, -0.15) is 0 Å². The van der Waals surface area contributed by atoms with Crippen LogP contribution in [0.25, 0.3) is 0 Å². The molecule has 0 aromatic carbocycles. The lowest BCUT2D eigenvalue weighted by Crippen LogP contribution is -2.27. The molecule has 1 aliphatic heterocycles.